The van der Waals surface area contributed by atoms with E-state index in [0.717, 1.165) is 6.26 Å². The molecule has 0 bridgehead atoms. The number of nitro groups is 1. The van der Waals surface area contributed by atoms with E-state index in [1.807, 2.05) is 0 Å². The summed E-state index contributed by atoms with van der Waals surface area (Å²) in [6.07, 6.45) is 1.07. The fourth-order valence-electron chi connectivity index (χ4n) is 1.27. The normalized spacial score (nSPS) is 11.2. The average Bonchev–Trinajstić information content (AvgIpc) is 2.22. The molecule has 1 rings (SSSR count). The molecule has 0 atom stereocenters. The van der Waals surface area contributed by atoms with Gasteiger partial charge >= 0.3 is 0 Å². The maximum Gasteiger partial charge on any atom is 0.292 e. The van der Waals surface area contributed by atoms with Crippen molar-refractivity contribution in [1.29, 1.82) is 0 Å². The SMILES string of the molecule is CS(=O)(=O)NCCNc1ccc([N+](=O)[O-])c(N)c1. The second-order valence-electron chi connectivity index (χ2n) is 3.62. The lowest BCUT2D eigenvalue weighted by Gasteiger charge is -2.07. The monoisotopic (exact) mass is 274 g/mol. The minimum atomic E-state index is -3.21. The fourth-order valence-corrected chi connectivity index (χ4v) is 1.75. The van der Waals surface area contributed by atoms with Gasteiger partial charge in [0.25, 0.3) is 5.69 Å². The Bertz CT molecular complexity index is 543. The third-order valence-corrected chi connectivity index (χ3v) is 2.77. The number of sulfonamides is 1. The molecule has 0 aliphatic carbocycles. The van der Waals surface area contributed by atoms with Crippen LogP contribution in [0.2, 0.25) is 0 Å². The van der Waals surface area contributed by atoms with Crippen LogP contribution in [0.25, 0.3) is 0 Å². The summed E-state index contributed by atoms with van der Waals surface area (Å²) in [4.78, 5) is 9.97. The van der Waals surface area contributed by atoms with Gasteiger partial charge in [-0.2, -0.15) is 0 Å². The van der Waals surface area contributed by atoms with Crippen LogP contribution in [-0.2, 0) is 10.0 Å². The van der Waals surface area contributed by atoms with E-state index in [-0.39, 0.29) is 17.9 Å². The summed E-state index contributed by atoms with van der Waals surface area (Å²) < 4.78 is 23.9. The zero-order chi connectivity index (χ0) is 13.8. The molecular weight excluding hydrogens is 260 g/mol. The summed E-state index contributed by atoms with van der Waals surface area (Å²) >= 11 is 0. The van der Waals surface area contributed by atoms with E-state index in [0.29, 0.717) is 12.2 Å². The molecule has 0 amide bonds. The number of benzene rings is 1. The third-order valence-electron chi connectivity index (χ3n) is 2.04. The van der Waals surface area contributed by atoms with Crippen LogP contribution in [0.15, 0.2) is 18.2 Å². The minimum absolute atomic E-state index is 0.0565. The first-order chi connectivity index (χ1) is 8.29. The number of anilines is 2. The van der Waals surface area contributed by atoms with Crippen molar-refractivity contribution < 1.29 is 13.3 Å². The van der Waals surface area contributed by atoms with Crippen LogP contribution in [0.5, 0.6) is 0 Å². The maximum absolute atomic E-state index is 10.8. The summed E-state index contributed by atoms with van der Waals surface area (Å²) in [6.45, 7) is 0.569. The van der Waals surface area contributed by atoms with E-state index in [1.54, 1.807) is 0 Å². The van der Waals surface area contributed by atoms with Crippen LogP contribution in [0.1, 0.15) is 0 Å². The highest BCUT2D eigenvalue weighted by atomic mass is 32.2. The molecule has 0 unspecified atom stereocenters. The van der Waals surface area contributed by atoms with Gasteiger partial charge in [-0.25, -0.2) is 13.1 Å². The Hall–Kier alpha value is -1.87. The van der Waals surface area contributed by atoms with Crippen LogP contribution < -0.4 is 15.8 Å². The Morgan fingerprint density at radius 1 is 1.39 bits per heavy atom. The van der Waals surface area contributed by atoms with E-state index in [9.17, 15) is 18.5 Å². The lowest BCUT2D eigenvalue weighted by molar-refractivity contribution is -0.383. The van der Waals surface area contributed by atoms with Gasteiger partial charge in [-0.15, -0.1) is 0 Å². The van der Waals surface area contributed by atoms with Crippen LogP contribution in [0.4, 0.5) is 17.1 Å². The number of rotatable bonds is 6. The first-order valence-electron chi connectivity index (χ1n) is 5.02. The molecule has 0 radical (unpaired) electrons. The summed E-state index contributed by atoms with van der Waals surface area (Å²) in [5.74, 6) is 0. The second-order valence-corrected chi connectivity index (χ2v) is 5.46. The zero-order valence-electron chi connectivity index (χ0n) is 9.71. The number of nitro benzene ring substituents is 1. The van der Waals surface area contributed by atoms with E-state index < -0.39 is 14.9 Å². The highest BCUT2D eigenvalue weighted by Gasteiger charge is 2.10. The lowest BCUT2D eigenvalue weighted by Crippen LogP contribution is -2.27. The van der Waals surface area contributed by atoms with Crippen LogP contribution in [0, 0.1) is 10.1 Å². The van der Waals surface area contributed by atoms with E-state index in [1.165, 1.54) is 18.2 Å². The molecule has 0 fully saturated rings. The molecule has 0 saturated heterocycles. The Kier molecular flexibility index (Phi) is 4.45. The van der Waals surface area contributed by atoms with E-state index in [4.69, 9.17) is 5.73 Å². The first kappa shape index (κ1) is 14.2. The van der Waals surface area contributed by atoms with Crippen LogP contribution in [-0.4, -0.2) is 32.7 Å². The number of nitrogens with one attached hydrogen (secondary N) is 2. The van der Waals surface area contributed by atoms with Gasteiger partial charge in [-0.1, -0.05) is 0 Å². The van der Waals surface area contributed by atoms with Crippen LogP contribution in [0.3, 0.4) is 0 Å². The van der Waals surface area contributed by atoms with Crippen molar-refractivity contribution in [2.45, 2.75) is 0 Å². The highest BCUT2D eigenvalue weighted by Crippen LogP contribution is 2.24. The topological polar surface area (TPSA) is 127 Å². The molecule has 0 aliphatic rings. The number of nitrogens with two attached hydrogens (primary N) is 1. The van der Waals surface area contributed by atoms with Gasteiger partial charge in [-0.05, 0) is 12.1 Å². The maximum atomic E-state index is 10.8. The number of nitrogen functional groups attached to an aromatic ring is 1. The number of hydrogen-bond donors (Lipinski definition) is 3. The molecule has 4 N–H and O–H groups in total. The molecule has 1 aromatic rings. The van der Waals surface area contributed by atoms with Gasteiger partial charge < -0.3 is 11.1 Å². The average molecular weight is 274 g/mol. The molecule has 0 spiro atoms. The molecule has 100 valence electrons. The Balaban J connectivity index is 2.54. The van der Waals surface area contributed by atoms with Gasteiger partial charge in [0.2, 0.25) is 10.0 Å². The van der Waals surface area contributed by atoms with Crippen molar-refractivity contribution in [3.63, 3.8) is 0 Å². The van der Waals surface area contributed by atoms with Crippen molar-refractivity contribution in [2.75, 3.05) is 30.4 Å². The molecule has 18 heavy (non-hydrogen) atoms. The molecule has 0 aromatic heterocycles. The summed E-state index contributed by atoms with van der Waals surface area (Å²) in [5, 5.41) is 13.4. The molecule has 9 heteroatoms. The highest BCUT2D eigenvalue weighted by molar-refractivity contribution is 7.88. The first-order valence-corrected chi connectivity index (χ1v) is 6.91. The molecule has 0 heterocycles. The molecule has 1 aromatic carbocycles. The van der Waals surface area contributed by atoms with Crippen molar-refractivity contribution in [3.05, 3.63) is 28.3 Å². The summed E-state index contributed by atoms with van der Waals surface area (Å²) in [5.41, 5.74) is 5.99. The quantitative estimate of drug-likeness (QED) is 0.293. The third kappa shape index (κ3) is 4.55. The van der Waals surface area contributed by atoms with Gasteiger partial charge in [0.05, 0.1) is 11.2 Å². The molecule has 8 nitrogen and oxygen atoms in total. The van der Waals surface area contributed by atoms with Gasteiger partial charge in [0.15, 0.2) is 0 Å². The van der Waals surface area contributed by atoms with E-state index >= 15 is 0 Å². The largest absolute Gasteiger partial charge is 0.393 e. The second kappa shape index (κ2) is 5.65. The van der Waals surface area contributed by atoms with Gasteiger partial charge in [0.1, 0.15) is 5.69 Å². The Morgan fingerprint density at radius 2 is 2.06 bits per heavy atom. The smallest absolute Gasteiger partial charge is 0.292 e. The van der Waals surface area contributed by atoms with Crippen molar-refractivity contribution in [2.24, 2.45) is 0 Å². The van der Waals surface area contributed by atoms with Crippen molar-refractivity contribution >= 4 is 27.1 Å². The summed E-state index contributed by atoms with van der Waals surface area (Å²) in [7, 11) is -3.21. The predicted octanol–water partition coefficient (Wildman–Crippen LogP) is 0.138. The molecule has 0 aliphatic heterocycles. The van der Waals surface area contributed by atoms with Gasteiger partial charge in [0, 0.05) is 24.8 Å². The Morgan fingerprint density at radius 3 is 2.56 bits per heavy atom. The predicted molar refractivity (Wildman–Crippen MR) is 68.8 cm³/mol. The van der Waals surface area contributed by atoms with Crippen molar-refractivity contribution in [3.8, 4) is 0 Å². The molecule has 0 saturated carbocycles. The Labute approximate surface area is 104 Å². The summed E-state index contributed by atoms with van der Waals surface area (Å²) in [6, 6.07) is 4.23. The van der Waals surface area contributed by atoms with Gasteiger partial charge in [-0.3, -0.25) is 10.1 Å². The molecular formula is C9H14N4O4S. The van der Waals surface area contributed by atoms with Crippen LogP contribution >= 0.6 is 0 Å². The number of nitrogens with zero attached hydrogens (tertiary/aromatic N) is 1. The minimum Gasteiger partial charge on any atom is -0.393 e. The standard InChI is InChI=1S/C9H14N4O4S/c1-18(16,17)12-5-4-11-7-2-3-9(13(14)15)8(10)6-7/h2-3,6,11-12H,4-5,10H2,1H3. The lowest BCUT2D eigenvalue weighted by atomic mass is 10.2. The van der Waals surface area contributed by atoms with E-state index in [2.05, 4.69) is 10.0 Å². The number of hydrogen-bond acceptors (Lipinski definition) is 6. The fraction of sp³-hybridized carbons (Fsp3) is 0.333. The van der Waals surface area contributed by atoms with Crippen molar-refractivity contribution in [1.82, 2.24) is 4.72 Å². The zero-order valence-corrected chi connectivity index (χ0v) is 10.5.